The number of halogens is 3. The van der Waals surface area contributed by atoms with Gasteiger partial charge in [-0.15, -0.1) is 5.10 Å². The van der Waals surface area contributed by atoms with Crippen molar-refractivity contribution in [2.75, 3.05) is 10.7 Å². The van der Waals surface area contributed by atoms with Gasteiger partial charge in [-0.3, -0.25) is 4.79 Å². The number of benzene rings is 1. The predicted octanol–water partition coefficient (Wildman–Crippen LogP) is 2.59. The zero-order valence-electron chi connectivity index (χ0n) is 13.0. The lowest BCUT2D eigenvalue weighted by Gasteiger charge is -2.26. The number of alkyl halides is 3. The quantitative estimate of drug-likeness (QED) is 0.673. The third kappa shape index (κ3) is 3.58. The van der Waals surface area contributed by atoms with E-state index in [-0.39, 0.29) is 15.5 Å². The molecule has 0 radical (unpaired) electrons. The molecule has 1 amide bonds. The maximum atomic E-state index is 12.8. The lowest BCUT2D eigenvalue weighted by Crippen LogP contribution is -2.39. The molecule has 130 valence electrons. The first-order valence-electron chi connectivity index (χ1n) is 7.02. The monoisotopic (exact) mass is 359 g/mol. The molecule has 0 unspecified atom stereocenters. The van der Waals surface area contributed by atoms with Crippen molar-refractivity contribution in [2.24, 2.45) is 0 Å². The number of carbonyl (C=O) groups is 1. The molecule has 0 bridgehead atoms. The van der Waals surface area contributed by atoms with Gasteiger partial charge in [-0.1, -0.05) is 18.2 Å². The second-order valence-corrected chi connectivity index (χ2v) is 5.69. The molecule has 0 aliphatic heterocycles. The average molecular weight is 359 g/mol. The molecule has 10 heteroatoms. The maximum absolute atomic E-state index is 12.8. The highest BCUT2D eigenvalue weighted by Crippen LogP contribution is 2.27. The number of hydrogen-bond donors (Lipinski definition) is 1. The minimum absolute atomic E-state index is 0.198. The van der Waals surface area contributed by atoms with E-state index in [0.29, 0.717) is 5.69 Å². The molecule has 0 atom stereocenters. The number of nitrogens with two attached hydrogens (primary N) is 1. The highest BCUT2D eigenvalue weighted by atomic mass is 32.1. The Hall–Kier alpha value is -2.36. The van der Waals surface area contributed by atoms with Crippen LogP contribution in [0.1, 0.15) is 19.7 Å². The summed E-state index contributed by atoms with van der Waals surface area (Å²) in [6.45, 7) is 3.15. The normalized spacial score (nSPS) is 11.8. The summed E-state index contributed by atoms with van der Waals surface area (Å²) in [5, 5.41) is 3.33. The van der Waals surface area contributed by atoms with E-state index in [2.05, 4.69) is 5.10 Å². The molecule has 1 aromatic heterocycles. The number of amides is 1. The fourth-order valence-electron chi connectivity index (χ4n) is 2.24. The van der Waals surface area contributed by atoms with E-state index < -0.39 is 24.5 Å². The van der Waals surface area contributed by atoms with Crippen molar-refractivity contribution < 1.29 is 18.0 Å². The Bertz CT molecular complexity index is 782. The van der Waals surface area contributed by atoms with E-state index in [9.17, 15) is 18.0 Å². The topological polar surface area (TPSA) is 69.1 Å². The van der Waals surface area contributed by atoms with E-state index >= 15 is 0 Å². The second-order valence-electron chi connectivity index (χ2n) is 5.32. The van der Waals surface area contributed by atoms with Crippen LogP contribution in [0.25, 0.3) is 0 Å². The molecule has 6 nitrogen and oxygen atoms in total. The molecule has 0 saturated heterocycles. The van der Waals surface area contributed by atoms with Crippen molar-refractivity contribution >= 4 is 23.8 Å². The van der Waals surface area contributed by atoms with Crippen LogP contribution in [-0.4, -0.2) is 26.4 Å². The molecule has 0 aliphatic rings. The van der Waals surface area contributed by atoms with Crippen LogP contribution in [-0.2, 0) is 17.5 Å². The number of carbonyl (C=O) groups excluding carboxylic acids is 1. The summed E-state index contributed by atoms with van der Waals surface area (Å²) in [4.78, 5) is 14.0. The largest absolute Gasteiger partial charge is 0.453 e. The first-order chi connectivity index (χ1) is 11.1. The number of anilines is 1. The van der Waals surface area contributed by atoms with Crippen LogP contribution in [0.15, 0.2) is 30.3 Å². The van der Waals surface area contributed by atoms with Crippen molar-refractivity contribution in [1.29, 1.82) is 0 Å². The zero-order valence-corrected chi connectivity index (χ0v) is 13.8. The van der Waals surface area contributed by atoms with Gasteiger partial charge >= 0.3 is 6.18 Å². The van der Waals surface area contributed by atoms with Gasteiger partial charge in [-0.25, -0.2) is 9.36 Å². The van der Waals surface area contributed by atoms with Crippen molar-refractivity contribution in [3.05, 3.63) is 40.9 Å². The smallest absolute Gasteiger partial charge is 0.335 e. The number of para-hydroxylation sites is 1. The van der Waals surface area contributed by atoms with Crippen LogP contribution in [0.2, 0.25) is 0 Å². The van der Waals surface area contributed by atoms with Gasteiger partial charge in [0.15, 0.2) is 0 Å². The SMILES string of the molecule is CC(C)N(C(=O)Cn1nc(C(F)(F)F)n(N)c1=S)c1ccccc1. The fraction of sp³-hybridized carbons (Fsp3) is 0.357. The summed E-state index contributed by atoms with van der Waals surface area (Å²) in [5.41, 5.74) is 0.632. The van der Waals surface area contributed by atoms with Crippen LogP contribution in [0, 0.1) is 4.77 Å². The highest BCUT2D eigenvalue weighted by molar-refractivity contribution is 7.71. The standard InChI is InChI=1S/C14H16F3N5OS/c1-9(2)21(10-6-4-3-5-7-10)11(23)8-20-13(24)22(18)12(19-20)14(15,16)17/h3-7,9H,8,18H2,1-2H3. The molecule has 0 spiro atoms. The molecule has 2 aromatic rings. The fourth-order valence-corrected chi connectivity index (χ4v) is 2.43. The van der Waals surface area contributed by atoms with Gasteiger partial charge in [0, 0.05) is 11.7 Å². The average Bonchev–Trinajstić information content (AvgIpc) is 2.76. The van der Waals surface area contributed by atoms with E-state index in [4.69, 9.17) is 18.1 Å². The van der Waals surface area contributed by atoms with Crippen LogP contribution in [0.4, 0.5) is 18.9 Å². The van der Waals surface area contributed by atoms with Crippen LogP contribution in [0.5, 0.6) is 0 Å². The van der Waals surface area contributed by atoms with Gasteiger partial charge in [0.25, 0.3) is 5.82 Å². The van der Waals surface area contributed by atoms with Crippen molar-refractivity contribution in [3.63, 3.8) is 0 Å². The summed E-state index contributed by atoms with van der Waals surface area (Å²) in [6.07, 6.45) is -4.76. The Kier molecular flexibility index (Phi) is 4.97. The Morgan fingerprint density at radius 3 is 2.38 bits per heavy atom. The van der Waals surface area contributed by atoms with E-state index in [1.807, 2.05) is 0 Å². The zero-order chi connectivity index (χ0) is 18.1. The van der Waals surface area contributed by atoms with Gasteiger partial charge in [0.1, 0.15) is 6.54 Å². The van der Waals surface area contributed by atoms with Crippen LogP contribution < -0.4 is 10.7 Å². The van der Waals surface area contributed by atoms with Gasteiger partial charge in [-0.2, -0.15) is 13.2 Å². The third-order valence-corrected chi connectivity index (χ3v) is 3.64. The number of hydrogen-bond acceptors (Lipinski definition) is 4. The van der Waals surface area contributed by atoms with Gasteiger partial charge < -0.3 is 10.7 Å². The molecule has 24 heavy (non-hydrogen) atoms. The van der Waals surface area contributed by atoms with E-state index in [1.165, 1.54) is 4.90 Å². The number of aromatic nitrogens is 3. The van der Waals surface area contributed by atoms with Crippen LogP contribution >= 0.6 is 12.2 Å². The summed E-state index contributed by atoms with van der Waals surface area (Å²) >= 11 is 4.84. The van der Waals surface area contributed by atoms with Crippen LogP contribution in [0.3, 0.4) is 0 Å². The Labute approximate surface area is 141 Å². The lowest BCUT2D eigenvalue weighted by atomic mass is 10.2. The first kappa shape index (κ1) is 18.0. The maximum Gasteiger partial charge on any atom is 0.453 e. The van der Waals surface area contributed by atoms with Crippen molar-refractivity contribution in [2.45, 2.75) is 32.6 Å². The molecule has 2 rings (SSSR count). The Morgan fingerprint density at radius 1 is 1.33 bits per heavy atom. The molecule has 0 fully saturated rings. The summed E-state index contributed by atoms with van der Waals surface area (Å²) in [5.74, 6) is 3.50. The molecule has 1 heterocycles. The first-order valence-corrected chi connectivity index (χ1v) is 7.43. The molecule has 1 aromatic carbocycles. The molecular formula is C14H16F3N5OS. The minimum Gasteiger partial charge on any atom is -0.335 e. The minimum atomic E-state index is -4.76. The van der Waals surface area contributed by atoms with E-state index in [0.717, 1.165) is 4.68 Å². The Balaban J connectivity index is 2.33. The summed E-state index contributed by atoms with van der Waals surface area (Å²) in [7, 11) is 0. The summed E-state index contributed by atoms with van der Waals surface area (Å²) < 4.78 is 39.1. The molecule has 0 saturated carbocycles. The highest BCUT2D eigenvalue weighted by Gasteiger charge is 2.38. The third-order valence-electron chi connectivity index (χ3n) is 3.23. The molecular weight excluding hydrogens is 343 g/mol. The number of rotatable bonds is 4. The summed E-state index contributed by atoms with van der Waals surface area (Å²) in [6, 6.07) is 8.60. The van der Waals surface area contributed by atoms with Gasteiger partial charge in [0.2, 0.25) is 10.7 Å². The van der Waals surface area contributed by atoms with Crippen molar-refractivity contribution in [1.82, 2.24) is 14.5 Å². The molecule has 2 N–H and O–H groups in total. The number of nitrogen functional groups attached to an aromatic ring is 1. The van der Waals surface area contributed by atoms with Gasteiger partial charge in [-0.05, 0) is 38.2 Å². The number of nitrogens with zero attached hydrogens (tertiary/aromatic N) is 4. The lowest BCUT2D eigenvalue weighted by molar-refractivity contribution is -0.147. The molecule has 0 aliphatic carbocycles. The second kappa shape index (κ2) is 6.63. The Morgan fingerprint density at radius 2 is 1.92 bits per heavy atom. The van der Waals surface area contributed by atoms with Crippen molar-refractivity contribution in [3.8, 4) is 0 Å². The predicted molar refractivity (Wildman–Crippen MR) is 85.3 cm³/mol. The van der Waals surface area contributed by atoms with Gasteiger partial charge in [0.05, 0.1) is 0 Å². The van der Waals surface area contributed by atoms with E-state index in [1.54, 1.807) is 44.2 Å².